The molecule has 0 fully saturated rings. The highest BCUT2D eigenvalue weighted by Crippen LogP contribution is 2.45. The lowest BCUT2D eigenvalue weighted by Crippen LogP contribution is -2.49. The minimum Gasteiger partial charge on any atom is -0.480 e. The van der Waals surface area contributed by atoms with Crippen LogP contribution < -0.4 is 16.0 Å². The molecule has 2 atom stereocenters. The van der Waals surface area contributed by atoms with Crippen LogP contribution in [0, 0.1) is 0 Å². The van der Waals surface area contributed by atoms with E-state index >= 15 is 0 Å². The summed E-state index contributed by atoms with van der Waals surface area (Å²) in [6, 6.07) is 29.8. The SMILES string of the molecule is CCCCCCCCCCCCCCCCNC(=O)[C@H](CSC[C@H](NC(=O)OCC1c2ccccc2-c2ccccc21)C(=O)O)NC(=O)OCC1c2ccccc2-c2ccccc21. The molecule has 0 spiro atoms. The van der Waals surface area contributed by atoms with Gasteiger partial charge in [-0.1, -0.05) is 187 Å². The molecule has 0 saturated heterocycles. The minimum absolute atomic E-state index is 0.0466. The molecule has 4 aromatic rings. The fraction of sp³-hybridized carbons (Fsp3) is 0.462. The van der Waals surface area contributed by atoms with Crippen LogP contribution in [0.3, 0.4) is 0 Å². The van der Waals surface area contributed by atoms with Crippen molar-refractivity contribution in [3.63, 3.8) is 0 Å². The zero-order valence-corrected chi connectivity index (χ0v) is 37.6. The molecule has 11 heteroatoms. The average Bonchev–Trinajstić information content (AvgIpc) is 3.80. The van der Waals surface area contributed by atoms with Gasteiger partial charge in [-0.05, 0) is 50.9 Å². The Kier molecular flexibility index (Phi) is 18.8. The van der Waals surface area contributed by atoms with Crippen molar-refractivity contribution in [1.82, 2.24) is 16.0 Å². The Morgan fingerprint density at radius 2 is 0.873 bits per heavy atom. The van der Waals surface area contributed by atoms with Crippen LogP contribution in [0.4, 0.5) is 9.59 Å². The maximum atomic E-state index is 13.6. The summed E-state index contributed by atoms with van der Waals surface area (Å²) in [4.78, 5) is 52.2. The third-order valence-corrected chi connectivity index (χ3v) is 13.4. The third kappa shape index (κ3) is 13.6. The van der Waals surface area contributed by atoms with Crippen LogP contribution in [0.15, 0.2) is 97.1 Å². The molecule has 0 unspecified atom stereocenters. The number of rotatable bonds is 27. The number of hydrogen-bond donors (Lipinski definition) is 4. The average molecular weight is 876 g/mol. The van der Waals surface area contributed by atoms with Crippen LogP contribution in [0.2, 0.25) is 0 Å². The lowest BCUT2D eigenvalue weighted by molar-refractivity contribution is -0.138. The first-order valence-electron chi connectivity index (χ1n) is 23.2. The van der Waals surface area contributed by atoms with E-state index in [1.165, 1.54) is 70.6 Å². The van der Waals surface area contributed by atoms with E-state index in [-0.39, 0.29) is 42.5 Å². The molecule has 0 bridgehead atoms. The Bertz CT molecular complexity index is 2020. The molecule has 2 aliphatic carbocycles. The summed E-state index contributed by atoms with van der Waals surface area (Å²) >= 11 is 1.14. The summed E-state index contributed by atoms with van der Waals surface area (Å²) in [6.45, 7) is 2.85. The topological polar surface area (TPSA) is 143 Å². The summed E-state index contributed by atoms with van der Waals surface area (Å²) in [6.07, 6.45) is 15.7. The Morgan fingerprint density at radius 3 is 1.27 bits per heavy atom. The van der Waals surface area contributed by atoms with Crippen molar-refractivity contribution in [2.45, 2.75) is 121 Å². The Labute approximate surface area is 377 Å². The highest BCUT2D eigenvalue weighted by atomic mass is 32.2. The number of alkyl carbamates (subject to hydrolysis) is 2. The standard InChI is InChI=1S/C52H65N3O7S/c1-2-3-4-5-6-7-8-9-10-11-12-13-14-23-32-53-49(56)47(54-51(59)61-33-45-41-28-19-15-24-37(41)38-25-16-20-29-42(38)45)35-63-36-48(50(57)58)55-52(60)62-34-46-43-30-21-17-26-39(43)40-27-18-22-31-44(40)46/h15-22,24-31,45-48H,2-14,23,32-36H2,1H3,(H,53,56)(H,54,59)(H,55,60)(H,57,58)/t47-,48-/m0/s1. The number of carbonyl (C=O) groups excluding carboxylic acids is 3. The molecular weight excluding hydrogens is 811 g/mol. The van der Waals surface area contributed by atoms with Crippen LogP contribution in [0.25, 0.3) is 22.3 Å². The summed E-state index contributed by atoms with van der Waals surface area (Å²) in [7, 11) is 0. The Balaban J connectivity index is 0.967. The molecule has 3 amide bonds. The van der Waals surface area contributed by atoms with Crippen LogP contribution in [-0.4, -0.2) is 72.5 Å². The smallest absolute Gasteiger partial charge is 0.407 e. The largest absolute Gasteiger partial charge is 0.480 e. The summed E-state index contributed by atoms with van der Waals surface area (Å²) in [5, 5.41) is 18.3. The van der Waals surface area contributed by atoms with E-state index in [2.05, 4.69) is 35.0 Å². The first kappa shape index (κ1) is 47.2. The minimum atomic E-state index is -1.29. The quantitative estimate of drug-likeness (QED) is 0.0434. The number of unbranched alkanes of at least 4 members (excludes halogenated alkanes) is 13. The second-order valence-electron chi connectivity index (χ2n) is 16.8. The molecule has 4 aromatic carbocycles. The molecule has 10 nitrogen and oxygen atoms in total. The van der Waals surface area contributed by atoms with Crippen molar-refractivity contribution in [1.29, 1.82) is 0 Å². The number of hydrogen-bond acceptors (Lipinski definition) is 7. The van der Waals surface area contributed by atoms with Gasteiger partial charge in [0.1, 0.15) is 25.3 Å². The van der Waals surface area contributed by atoms with E-state index in [0.717, 1.165) is 75.5 Å². The van der Waals surface area contributed by atoms with Crippen LogP contribution in [-0.2, 0) is 19.1 Å². The van der Waals surface area contributed by atoms with Gasteiger partial charge in [-0.25, -0.2) is 14.4 Å². The number of aliphatic carboxylic acids is 1. The molecule has 2 aliphatic rings. The van der Waals surface area contributed by atoms with Crippen LogP contribution in [0.5, 0.6) is 0 Å². The van der Waals surface area contributed by atoms with Crippen molar-refractivity contribution in [2.75, 3.05) is 31.3 Å². The number of carbonyl (C=O) groups is 4. The molecule has 0 aliphatic heterocycles. The molecule has 0 heterocycles. The Hall–Kier alpha value is -5.29. The van der Waals surface area contributed by atoms with Crippen LogP contribution in [0.1, 0.15) is 131 Å². The number of thioether (sulfide) groups is 1. The normalized spacial score (nSPS) is 13.5. The van der Waals surface area contributed by atoms with Gasteiger partial charge in [0.2, 0.25) is 5.91 Å². The number of ether oxygens (including phenoxy) is 2. The number of fused-ring (bicyclic) bond motifs is 6. The van der Waals surface area contributed by atoms with Crippen molar-refractivity contribution in [3.8, 4) is 22.3 Å². The highest BCUT2D eigenvalue weighted by molar-refractivity contribution is 7.99. The molecule has 0 radical (unpaired) electrons. The number of carboxylic acids is 1. The first-order chi connectivity index (χ1) is 30.9. The molecule has 6 rings (SSSR count). The fourth-order valence-corrected chi connectivity index (χ4v) is 9.95. The van der Waals surface area contributed by atoms with E-state index in [9.17, 15) is 24.3 Å². The maximum absolute atomic E-state index is 13.6. The zero-order chi connectivity index (χ0) is 44.2. The molecular formula is C52H65N3O7S. The van der Waals surface area contributed by atoms with Crippen molar-refractivity contribution in [2.24, 2.45) is 0 Å². The highest BCUT2D eigenvalue weighted by Gasteiger charge is 2.32. The third-order valence-electron chi connectivity index (χ3n) is 12.3. The fourth-order valence-electron chi connectivity index (χ4n) is 8.88. The lowest BCUT2D eigenvalue weighted by atomic mass is 9.98. The van der Waals surface area contributed by atoms with Gasteiger partial charge in [0, 0.05) is 29.9 Å². The number of amides is 3. The summed E-state index contributed by atoms with van der Waals surface area (Å²) in [5.74, 6) is -1.93. The van der Waals surface area contributed by atoms with Gasteiger partial charge in [-0.3, -0.25) is 4.79 Å². The van der Waals surface area contributed by atoms with Gasteiger partial charge in [0.25, 0.3) is 0 Å². The van der Waals surface area contributed by atoms with Gasteiger partial charge in [-0.15, -0.1) is 0 Å². The predicted molar refractivity (Wildman–Crippen MR) is 252 cm³/mol. The first-order valence-corrected chi connectivity index (χ1v) is 24.3. The number of nitrogens with one attached hydrogen (secondary N) is 3. The number of benzene rings is 4. The molecule has 4 N–H and O–H groups in total. The molecule has 336 valence electrons. The summed E-state index contributed by atoms with van der Waals surface area (Å²) < 4.78 is 11.4. The van der Waals surface area contributed by atoms with Crippen molar-refractivity contribution < 1.29 is 33.8 Å². The van der Waals surface area contributed by atoms with Gasteiger partial charge >= 0.3 is 18.2 Å². The maximum Gasteiger partial charge on any atom is 0.407 e. The molecule has 0 aromatic heterocycles. The van der Waals surface area contributed by atoms with Gasteiger partial charge in [-0.2, -0.15) is 11.8 Å². The van der Waals surface area contributed by atoms with Gasteiger partial charge in [0.15, 0.2) is 0 Å². The zero-order valence-electron chi connectivity index (χ0n) is 36.8. The second-order valence-corrected chi connectivity index (χ2v) is 17.9. The van der Waals surface area contributed by atoms with E-state index in [0.29, 0.717) is 6.54 Å². The summed E-state index contributed by atoms with van der Waals surface area (Å²) in [5.41, 5.74) is 8.65. The van der Waals surface area contributed by atoms with E-state index < -0.39 is 30.2 Å². The number of carboxylic acid groups (broad SMARTS) is 1. The molecule has 0 saturated carbocycles. The monoisotopic (exact) mass is 875 g/mol. The van der Waals surface area contributed by atoms with E-state index in [1.54, 1.807) is 0 Å². The van der Waals surface area contributed by atoms with Crippen LogP contribution >= 0.6 is 11.8 Å². The van der Waals surface area contributed by atoms with E-state index in [4.69, 9.17) is 9.47 Å². The molecule has 63 heavy (non-hydrogen) atoms. The van der Waals surface area contributed by atoms with Gasteiger partial charge in [0.05, 0.1) is 0 Å². The predicted octanol–water partition coefficient (Wildman–Crippen LogP) is 11.2. The van der Waals surface area contributed by atoms with Gasteiger partial charge < -0.3 is 30.5 Å². The van der Waals surface area contributed by atoms with Crippen molar-refractivity contribution in [3.05, 3.63) is 119 Å². The second kappa shape index (κ2) is 25.1. The Morgan fingerprint density at radius 1 is 0.524 bits per heavy atom. The van der Waals surface area contributed by atoms with E-state index in [1.807, 2.05) is 84.9 Å². The van der Waals surface area contributed by atoms with Crippen molar-refractivity contribution >= 4 is 35.8 Å². The lowest BCUT2D eigenvalue weighted by Gasteiger charge is -2.21.